The molecule has 0 aliphatic rings. The third-order valence-corrected chi connectivity index (χ3v) is 2.70. The van der Waals surface area contributed by atoms with E-state index in [0.29, 0.717) is 11.3 Å². The smallest absolute Gasteiger partial charge is 0.336 e. The Morgan fingerprint density at radius 2 is 2.05 bits per heavy atom. The van der Waals surface area contributed by atoms with Crippen LogP contribution in [0.5, 0.6) is 0 Å². The van der Waals surface area contributed by atoms with Crippen LogP contribution in [-0.4, -0.2) is 37.6 Å². The number of aryl methyl sites for hydroxylation is 1. The number of nitrogens with zero attached hydrogens (tertiary/aromatic N) is 3. The summed E-state index contributed by atoms with van der Waals surface area (Å²) in [7, 11) is 0. The summed E-state index contributed by atoms with van der Waals surface area (Å²) in [5.74, 6) is -1.72. The molecule has 1 aromatic heterocycles. The van der Waals surface area contributed by atoms with Crippen molar-refractivity contribution >= 4 is 17.6 Å². The number of hydrogen-bond acceptors (Lipinski definition) is 5. The van der Waals surface area contributed by atoms with Crippen molar-refractivity contribution in [1.29, 1.82) is 0 Å². The summed E-state index contributed by atoms with van der Waals surface area (Å²) in [6.45, 7) is 3.48. The molecule has 0 saturated heterocycles. The van der Waals surface area contributed by atoms with Crippen molar-refractivity contribution in [1.82, 2.24) is 20.6 Å². The monoisotopic (exact) mass is 261 g/mol. The van der Waals surface area contributed by atoms with Crippen LogP contribution in [0.2, 0.25) is 0 Å². The molecule has 0 saturated carbocycles. The Morgan fingerprint density at radius 1 is 1.32 bits per heavy atom. The number of aromatic amines is 1. The Labute approximate surface area is 107 Å². The maximum atomic E-state index is 11.7. The van der Waals surface area contributed by atoms with Gasteiger partial charge in [-0.25, -0.2) is 4.79 Å². The Bertz CT molecular complexity index is 636. The summed E-state index contributed by atoms with van der Waals surface area (Å²) in [5, 5.41) is 24.1. The van der Waals surface area contributed by atoms with E-state index in [4.69, 9.17) is 5.11 Å². The fraction of sp³-hybridized carbons (Fsp3) is 0.182. The van der Waals surface area contributed by atoms with E-state index in [2.05, 4.69) is 25.9 Å². The maximum absolute atomic E-state index is 11.7. The highest BCUT2D eigenvalue weighted by Gasteiger charge is 2.15. The predicted molar refractivity (Wildman–Crippen MR) is 65.0 cm³/mol. The highest BCUT2D eigenvalue weighted by Crippen LogP contribution is 2.20. The molecule has 2 aromatic rings. The molecule has 19 heavy (non-hydrogen) atoms. The Hall–Kier alpha value is -2.77. The number of benzene rings is 1. The van der Waals surface area contributed by atoms with E-state index in [-0.39, 0.29) is 11.4 Å². The van der Waals surface area contributed by atoms with Crippen molar-refractivity contribution in [2.45, 2.75) is 13.8 Å². The quantitative estimate of drug-likeness (QED) is 0.750. The van der Waals surface area contributed by atoms with Gasteiger partial charge in [-0.3, -0.25) is 4.79 Å². The van der Waals surface area contributed by atoms with Crippen molar-refractivity contribution in [3.63, 3.8) is 0 Å². The summed E-state index contributed by atoms with van der Waals surface area (Å²) in [4.78, 5) is 22.8. The molecule has 1 heterocycles. The highest BCUT2D eigenvalue weighted by molar-refractivity contribution is 6.02. The van der Waals surface area contributed by atoms with Crippen LogP contribution in [0.25, 0.3) is 0 Å². The minimum Gasteiger partial charge on any atom is -0.478 e. The maximum Gasteiger partial charge on any atom is 0.336 e. The molecule has 8 heteroatoms. The van der Waals surface area contributed by atoms with E-state index in [1.54, 1.807) is 19.9 Å². The van der Waals surface area contributed by atoms with Crippen LogP contribution in [0, 0.1) is 13.8 Å². The first-order valence-electron chi connectivity index (χ1n) is 5.38. The number of carboxylic acids is 1. The topological polar surface area (TPSA) is 121 Å². The van der Waals surface area contributed by atoms with E-state index >= 15 is 0 Å². The van der Waals surface area contributed by atoms with Gasteiger partial charge in [0.25, 0.3) is 11.7 Å². The van der Waals surface area contributed by atoms with Crippen molar-refractivity contribution in [3.05, 3.63) is 34.6 Å². The largest absolute Gasteiger partial charge is 0.478 e. The Balaban J connectivity index is 2.31. The van der Waals surface area contributed by atoms with Crippen LogP contribution in [0.1, 0.15) is 32.1 Å². The van der Waals surface area contributed by atoms with Gasteiger partial charge in [-0.2, -0.15) is 5.21 Å². The zero-order valence-corrected chi connectivity index (χ0v) is 10.3. The molecule has 8 nitrogen and oxygen atoms in total. The van der Waals surface area contributed by atoms with Gasteiger partial charge < -0.3 is 10.4 Å². The fourth-order valence-corrected chi connectivity index (χ4v) is 1.60. The van der Waals surface area contributed by atoms with Gasteiger partial charge in [0.15, 0.2) is 0 Å². The van der Waals surface area contributed by atoms with Crippen LogP contribution in [0.4, 0.5) is 5.69 Å². The summed E-state index contributed by atoms with van der Waals surface area (Å²) < 4.78 is 0. The normalized spacial score (nSPS) is 10.2. The summed E-state index contributed by atoms with van der Waals surface area (Å²) >= 11 is 0. The lowest BCUT2D eigenvalue weighted by Crippen LogP contribution is -2.15. The highest BCUT2D eigenvalue weighted by atomic mass is 16.4. The number of carbonyl (C=O) groups excluding carboxylic acids is 1. The van der Waals surface area contributed by atoms with Crippen LogP contribution in [0.15, 0.2) is 12.1 Å². The van der Waals surface area contributed by atoms with Crippen LogP contribution < -0.4 is 5.32 Å². The predicted octanol–water partition coefficient (Wildman–Crippen LogP) is 0.767. The Kier molecular flexibility index (Phi) is 3.23. The first-order valence-corrected chi connectivity index (χ1v) is 5.38. The number of H-pyrrole nitrogens is 1. The van der Waals surface area contributed by atoms with Gasteiger partial charge in [0.1, 0.15) is 0 Å². The number of anilines is 1. The third kappa shape index (κ3) is 2.57. The van der Waals surface area contributed by atoms with Crippen LogP contribution in [0.3, 0.4) is 0 Å². The molecule has 0 bridgehead atoms. The number of carboxylic acid groups (broad SMARTS) is 1. The minimum absolute atomic E-state index is 0.116. The molecule has 0 radical (unpaired) electrons. The number of amides is 1. The molecule has 3 N–H and O–H groups in total. The first kappa shape index (κ1) is 12.7. The van der Waals surface area contributed by atoms with Gasteiger partial charge in [-0.05, 0) is 42.3 Å². The van der Waals surface area contributed by atoms with Crippen LogP contribution >= 0.6 is 0 Å². The average molecular weight is 261 g/mol. The number of carbonyl (C=O) groups is 2. The lowest BCUT2D eigenvalue weighted by Gasteiger charge is -2.09. The fourth-order valence-electron chi connectivity index (χ4n) is 1.60. The molecule has 2 rings (SSSR count). The first-order chi connectivity index (χ1) is 8.99. The van der Waals surface area contributed by atoms with Crippen molar-refractivity contribution in [2.75, 3.05) is 5.32 Å². The van der Waals surface area contributed by atoms with Gasteiger partial charge in [-0.15, -0.1) is 10.2 Å². The lowest BCUT2D eigenvalue weighted by molar-refractivity contribution is 0.0695. The molecule has 0 aliphatic heterocycles. The van der Waals surface area contributed by atoms with Gasteiger partial charge in [0.2, 0.25) is 0 Å². The van der Waals surface area contributed by atoms with Gasteiger partial charge in [0, 0.05) is 5.69 Å². The summed E-state index contributed by atoms with van der Waals surface area (Å²) in [5.41, 5.74) is 1.94. The zero-order chi connectivity index (χ0) is 14.0. The second kappa shape index (κ2) is 4.84. The van der Waals surface area contributed by atoms with Crippen LogP contribution in [-0.2, 0) is 0 Å². The number of rotatable bonds is 3. The molecular formula is C11H11N5O3. The second-order valence-corrected chi connectivity index (χ2v) is 3.96. The van der Waals surface area contributed by atoms with Crippen molar-refractivity contribution < 1.29 is 14.7 Å². The van der Waals surface area contributed by atoms with E-state index in [9.17, 15) is 9.59 Å². The Morgan fingerprint density at radius 3 is 2.63 bits per heavy atom. The molecule has 0 spiro atoms. The molecule has 1 aromatic carbocycles. The minimum atomic E-state index is -1.05. The standard InChI is InChI=1S/C11H11N5O3/c1-5-3-7(4-8(6(5)2)11(18)19)12-10(17)9-13-15-16-14-9/h3-4H,1-2H3,(H,12,17)(H,18,19)(H,13,14,15,16). The molecule has 98 valence electrons. The molecule has 0 atom stereocenters. The van der Waals surface area contributed by atoms with E-state index in [0.717, 1.165) is 5.56 Å². The number of aromatic nitrogens is 4. The van der Waals surface area contributed by atoms with E-state index < -0.39 is 11.9 Å². The SMILES string of the molecule is Cc1cc(NC(=O)c2nn[nH]n2)cc(C(=O)O)c1C. The summed E-state index contributed by atoms with van der Waals surface area (Å²) in [6, 6.07) is 3.07. The van der Waals surface area contributed by atoms with Gasteiger partial charge in [-0.1, -0.05) is 0 Å². The number of hydrogen-bond donors (Lipinski definition) is 3. The number of nitrogens with one attached hydrogen (secondary N) is 2. The number of aromatic carboxylic acids is 1. The third-order valence-electron chi connectivity index (χ3n) is 2.70. The molecule has 0 unspecified atom stereocenters. The van der Waals surface area contributed by atoms with Gasteiger partial charge >= 0.3 is 5.97 Å². The van der Waals surface area contributed by atoms with Gasteiger partial charge in [0.05, 0.1) is 5.56 Å². The van der Waals surface area contributed by atoms with Crippen molar-refractivity contribution in [3.8, 4) is 0 Å². The zero-order valence-electron chi connectivity index (χ0n) is 10.3. The lowest BCUT2D eigenvalue weighted by atomic mass is 10.0. The number of tetrazole rings is 1. The molecule has 0 fully saturated rings. The molecule has 0 aliphatic carbocycles. The molecule has 1 amide bonds. The van der Waals surface area contributed by atoms with E-state index in [1.165, 1.54) is 6.07 Å². The van der Waals surface area contributed by atoms with E-state index in [1.807, 2.05) is 0 Å². The van der Waals surface area contributed by atoms with Crippen molar-refractivity contribution in [2.24, 2.45) is 0 Å². The molecular weight excluding hydrogens is 250 g/mol. The average Bonchev–Trinajstić information content (AvgIpc) is 2.86. The summed E-state index contributed by atoms with van der Waals surface area (Å²) in [6.07, 6.45) is 0. The second-order valence-electron chi connectivity index (χ2n) is 3.96.